The highest BCUT2D eigenvalue weighted by molar-refractivity contribution is 5.72. The number of allylic oxidation sites excluding steroid dienone is 3. The molecular formula is C21H23NO. The highest BCUT2D eigenvalue weighted by Gasteiger charge is 2.04. The zero-order chi connectivity index (χ0) is 16.5. The summed E-state index contributed by atoms with van der Waals surface area (Å²) in [4.78, 5) is 12.7. The van der Waals surface area contributed by atoms with Gasteiger partial charge in [-0.2, -0.15) is 0 Å². The second-order valence-electron chi connectivity index (χ2n) is 5.72. The van der Waals surface area contributed by atoms with E-state index < -0.39 is 0 Å². The van der Waals surface area contributed by atoms with Crippen LogP contribution in [0.1, 0.15) is 23.6 Å². The Morgan fingerprint density at radius 3 is 2.35 bits per heavy atom. The average molecular weight is 305 g/mol. The fraction of sp³-hybridized carbons (Fsp3) is 0.190. The summed E-state index contributed by atoms with van der Waals surface area (Å²) in [5.41, 5.74) is 4.71. The Labute approximate surface area is 138 Å². The van der Waals surface area contributed by atoms with Crippen molar-refractivity contribution in [3.8, 4) is 0 Å². The van der Waals surface area contributed by atoms with E-state index in [1.165, 1.54) is 16.7 Å². The van der Waals surface area contributed by atoms with Crippen molar-refractivity contribution in [3.63, 3.8) is 0 Å². The number of hydrogen-bond acceptors (Lipinski definition) is 2. The molecule has 0 aliphatic rings. The lowest BCUT2D eigenvalue weighted by Gasteiger charge is -2.17. The molecule has 0 unspecified atom stereocenters. The standard InChI is InChI=1S/C21H23NO/c1-18(17-23)9-8-14-22(2)16-21-13-7-6-12-20(21)15-19-10-4-3-5-11-19/h3-14,17H,15-16H2,1-2H3/b14-8-,18-9-. The predicted octanol–water partition coefficient (Wildman–Crippen LogP) is 4.37. The molecule has 0 amide bonds. The van der Waals surface area contributed by atoms with Gasteiger partial charge in [0.05, 0.1) is 0 Å². The van der Waals surface area contributed by atoms with E-state index >= 15 is 0 Å². The molecule has 2 rings (SSSR count). The van der Waals surface area contributed by atoms with Gasteiger partial charge >= 0.3 is 0 Å². The van der Waals surface area contributed by atoms with Crippen LogP contribution in [0.4, 0.5) is 0 Å². The van der Waals surface area contributed by atoms with Gasteiger partial charge in [-0.1, -0.05) is 60.7 Å². The van der Waals surface area contributed by atoms with E-state index in [1.54, 1.807) is 6.92 Å². The summed E-state index contributed by atoms with van der Waals surface area (Å²) in [5.74, 6) is 0. The number of aldehydes is 1. The first-order valence-corrected chi connectivity index (χ1v) is 7.80. The molecule has 2 heteroatoms. The third kappa shape index (κ3) is 5.59. The summed E-state index contributed by atoms with van der Waals surface area (Å²) >= 11 is 0. The van der Waals surface area contributed by atoms with Gasteiger partial charge in [0.25, 0.3) is 0 Å². The van der Waals surface area contributed by atoms with E-state index in [0.29, 0.717) is 0 Å². The average Bonchev–Trinajstić information content (AvgIpc) is 2.57. The van der Waals surface area contributed by atoms with E-state index in [4.69, 9.17) is 0 Å². The van der Waals surface area contributed by atoms with Gasteiger partial charge in [-0.3, -0.25) is 4.79 Å². The molecular weight excluding hydrogens is 282 g/mol. The normalized spacial score (nSPS) is 11.7. The SMILES string of the molecule is C/C(C=O)=C/C=C\N(C)Cc1ccccc1Cc1ccccc1. The quantitative estimate of drug-likeness (QED) is 0.430. The summed E-state index contributed by atoms with van der Waals surface area (Å²) in [6, 6.07) is 19.1. The first-order valence-electron chi connectivity index (χ1n) is 7.80. The first-order chi connectivity index (χ1) is 11.2. The lowest BCUT2D eigenvalue weighted by Crippen LogP contribution is -2.11. The number of carbonyl (C=O) groups is 1. The molecule has 0 fully saturated rings. The van der Waals surface area contributed by atoms with E-state index in [0.717, 1.165) is 24.8 Å². The molecule has 2 nitrogen and oxygen atoms in total. The highest BCUT2D eigenvalue weighted by atomic mass is 16.1. The van der Waals surface area contributed by atoms with Crippen molar-refractivity contribution in [1.29, 1.82) is 0 Å². The van der Waals surface area contributed by atoms with Crippen molar-refractivity contribution in [2.45, 2.75) is 19.9 Å². The predicted molar refractivity (Wildman–Crippen MR) is 96.1 cm³/mol. The van der Waals surface area contributed by atoms with Crippen LogP contribution in [0.15, 0.2) is 78.5 Å². The van der Waals surface area contributed by atoms with Crippen molar-refractivity contribution < 1.29 is 4.79 Å². The number of hydrogen-bond donors (Lipinski definition) is 0. The summed E-state index contributed by atoms with van der Waals surface area (Å²) in [6.45, 7) is 2.64. The summed E-state index contributed by atoms with van der Waals surface area (Å²) in [5, 5.41) is 0. The molecule has 0 aliphatic heterocycles. The lowest BCUT2D eigenvalue weighted by molar-refractivity contribution is -0.104. The van der Waals surface area contributed by atoms with Crippen LogP contribution in [0.2, 0.25) is 0 Å². The number of benzene rings is 2. The molecule has 0 heterocycles. The van der Waals surface area contributed by atoms with Crippen LogP contribution in [0.5, 0.6) is 0 Å². The molecule has 0 atom stereocenters. The molecule has 0 bridgehead atoms. The number of carbonyl (C=O) groups excluding carboxylic acids is 1. The minimum absolute atomic E-state index is 0.721. The van der Waals surface area contributed by atoms with Crippen molar-refractivity contribution in [3.05, 3.63) is 95.2 Å². The summed E-state index contributed by atoms with van der Waals surface area (Å²) in [6.07, 6.45) is 7.52. The minimum Gasteiger partial charge on any atom is -0.376 e. The topological polar surface area (TPSA) is 20.3 Å². The Balaban J connectivity index is 2.07. The Bertz CT molecular complexity index is 686. The number of rotatable bonds is 7. The minimum atomic E-state index is 0.721. The van der Waals surface area contributed by atoms with E-state index in [2.05, 4.69) is 53.4 Å². The summed E-state index contributed by atoms with van der Waals surface area (Å²) < 4.78 is 0. The Kier molecular flexibility index (Phi) is 6.37. The molecule has 0 saturated heterocycles. The fourth-order valence-electron chi connectivity index (χ4n) is 2.40. The van der Waals surface area contributed by atoms with E-state index in [9.17, 15) is 4.79 Å². The van der Waals surface area contributed by atoms with Crippen molar-refractivity contribution in [2.75, 3.05) is 7.05 Å². The van der Waals surface area contributed by atoms with Crippen molar-refractivity contribution in [2.24, 2.45) is 0 Å². The van der Waals surface area contributed by atoms with Gasteiger partial charge in [0, 0.05) is 13.6 Å². The molecule has 2 aromatic rings. The maximum atomic E-state index is 10.6. The zero-order valence-electron chi connectivity index (χ0n) is 13.8. The van der Waals surface area contributed by atoms with Gasteiger partial charge in [0.15, 0.2) is 0 Å². The van der Waals surface area contributed by atoms with Crippen LogP contribution in [0.25, 0.3) is 0 Å². The molecule has 0 saturated carbocycles. The van der Waals surface area contributed by atoms with Gasteiger partial charge in [-0.15, -0.1) is 0 Å². The van der Waals surface area contributed by atoms with Crippen molar-refractivity contribution in [1.82, 2.24) is 4.90 Å². The lowest BCUT2D eigenvalue weighted by atomic mass is 9.99. The Morgan fingerprint density at radius 2 is 1.65 bits per heavy atom. The fourth-order valence-corrected chi connectivity index (χ4v) is 2.40. The Morgan fingerprint density at radius 1 is 1.00 bits per heavy atom. The largest absolute Gasteiger partial charge is 0.376 e. The van der Waals surface area contributed by atoms with Crippen LogP contribution in [-0.2, 0) is 17.8 Å². The van der Waals surface area contributed by atoms with Gasteiger partial charge in [-0.05, 0) is 47.9 Å². The maximum absolute atomic E-state index is 10.6. The molecule has 0 aromatic heterocycles. The van der Waals surface area contributed by atoms with Gasteiger partial charge in [0.2, 0.25) is 0 Å². The monoisotopic (exact) mass is 305 g/mol. The zero-order valence-corrected chi connectivity index (χ0v) is 13.8. The van der Waals surface area contributed by atoms with Crippen LogP contribution >= 0.6 is 0 Å². The molecule has 0 radical (unpaired) electrons. The second kappa shape index (κ2) is 8.74. The summed E-state index contributed by atoms with van der Waals surface area (Å²) in [7, 11) is 2.04. The number of nitrogens with zero attached hydrogens (tertiary/aromatic N) is 1. The van der Waals surface area contributed by atoms with Crippen LogP contribution in [-0.4, -0.2) is 18.2 Å². The van der Waals surface area contributed by atoms with Crippen LogP contribution < -0.4 is 0 Å². The third-order valence-electron chi connectivity index (χ3n) is 3.66. The molecule has 23 heavy (non-hydrogen) atoms. The van der Waals surface area contributed by atoms with Gasteiger partial charge < -0.3 is 4.90 Å². The molecule has 2 aromatic carbocycles. The molecule has 118 valence electrons. The molecule has 0 aliphatic carbocycles. The first kappa shape index (κ1) is 16.8. The van der Waals surface area contributed by atoms with Gasteiger partial charge in [-0.25, -0.2) is 0 Å². The maximum Gasteiger partial charge on any atom is 0.145 e. The molecule has 0 N–H and O–H groups in total. The highest BCUT2D eigenvalue weighted by Crippen LogP contribution is 2.16. The Hall–Kier alpha value is -2.61. The second-order valence-corrected chi connectivity index (χ2v) is 5.72. The van der Waals surface area contributed by atoms with Gasteiger partial charge in [0.1, 0.15) is 6.29 Å². The van der Waals surface area contributed by atoms with Crippen LogP contribution in [0.3, 0.4) is 0 Å². The third-order valence-corrected chi connectivity index (χ3v) is 3.66. The van der Waals surface area contributed by atoms with E-state index in [1.807, 2.05) is 31.5 Å². The van der Waals surface area contributed by atoms with Crippen LogP contribution in [0, 0.1) is 0 Å². The molecule has 0 spiro atoms. The smallest absolute Gasteiger partial charge is 0.145 e. The van der Waals surface area contributed by atoms with E-state index in [-0.39, 0.29) is 0 Å². The van der Waals surface area contributed by atoms with Crippen molar-refractivity contribution >= 4 is 6.29 Å².